The summed E-state index contributed by atoms with van der Waals surface area (Å²) < 4.78 is 14.7. The van der Waals surface area contributed by atoms with Crippen LogP contribution in [0.2, 0.25) is 0 Å². The van der Waals surface area contributed by atoms with E-state index in [2.05, 4.69) is 0 Å². The third-order valence-corrected chi connectivity index (χ3v) is 3.30. The molecule has 0 aliphatic rings. The molecule has 3 aromatic rings. The minimum atomic E-state index is -0.445. The smallest absolute Gasteiger partial charge is 0.263 e. The van der Waals surface area contributed by atoms with Crippen LogP contribution in [-0.2, 0) is 6.54 Å². The Balaban J connectivity index is 2.41. The fourth-order valence-corrected chi connectivity index (χ4v) is 2.36. The molecule has 3 nitrogen and oxygen atoms in total. The summed E-state index contributed by atoms with van der Waals surface area (Å²) in [5.74, 6) is -0.445. The van der Waals surface area contributed by atoms with Gasteiger partial charge in [-0.05, 0) is 29.3 Å². The monoisotopic (exact) mass is 268 g/mol. The first-order chi connectivity index (χ1) is 9.70. The lowest BCUT2D eigenvalue weighted by Crippen LogP contribution is -2.19. The van der Waals surface area contributed by atoms with Crippen LogP contribution in [0, 0.1) is 5.82 Å². The van der Waals surface area contributed by atoms with Gasteiger partial charge in [-0.15, -0.1) is 0 Å². The van der Waals surface area contributed by atoms with E-state index < -0.39 is 5.82 Å². The number of rotatable bonds is 2. The van der Waals surface area contributed by atoms with E-state index in [1.54, 1.807) is 6.07 Å². The van der Waals surface area contributed by atoms with Crippen LogP contribution in [0.25, 0.3) is 16.6 Å². The average Bonchev–Trinajstić information content (AvgIpc) is 2.48. The summed E-state index contributed by atoms with van der Waals surface area (Å²) in [5.41, 5.74) is 8.21. The summed E-state index contributed by atoms with van der Waals surface area (Å²) in [6, 6.07) is 14.0. The van der Waals surface area contributed by atoms with Crippen molar-refractivity contribution in [3.63, 3.8) is 0 Å². The lowest BCUT2D eigenvalue weighted by atomic mass is 10.0. The van der Waals surface area contributed by atoms with Crippen LogP contribution in [0.4, 0.5) is 4.39 Å². The molecular formula is C16H13FN2O. The molecule has 2 aromatic heterocycles. The second-order valence-corrected chi connectivity index (χ2v) is 4.56. The molecule has 1 aromatic carbocycles. The van der Waals surface area contributed by atoms with Gasteiger partial charge < -0.3 is 5.73 Å². The molecule has 0 radical (unpaired) electrons. The number of hydrogen-bond donors (Lipinski definition) is 1. The van der Waals surface area contributed by atoms with Crippen LogP contribution >= 0.6 is 0 Å². The van der Waals surface area contributed by atoms with Crippen LogP contribution in [0.15, 0.2) is 59.5 Å². The molecule has 100 valence electrons. The lowest BCUT2D eigenvalue weighted by Gasteiger charge is -2.10. The van der Waals surface area contributed by atoms with E-state index in [0.717, 1.165) is 11.1 Å². The highest BCUT2D eigenvalue weighted by Crippen LogP contribution is 2.21. The standard InChI is InChI=1S/C16H13FN2O/c17-13-6-7-14-8-12(9-18)15(16(20)19(14)10-13)11-4-2-1-3-5-11/h1-8,10H,9,18H2. The van der Waals surface area contributed by atoms with E-state index in [1.807, 2.05) is 36.4 Å². The first-order valence-electron chi connectivity index (χ1n) is 6.30. The highest BCUT2D eigenvalue weighted by atomic mass is 19.1. The van der Waals surface area contributed by atoms with Crippen LogP contribution in [0.5, 0.6) is 0 Å². The maximum absolute atomic E-state index is 13.3. The second kappa shape index (κ2) is 4.90. The van der Waals surface area contributed by atoms with Gasteiger partial charge in [0.2, 0.25) is 0 Å². The zero-order chi connectivity index (χ0) is 14.1. The van der Waals surface area contributed by atoms with Crippen molar-refractivity contribution >= 4 is 5.52 Å². The molecule has 0 spiro atoms. The third kappa shape index (κ3) is 2.00. The zero-order valence-electron chi connectivity index (χ0n) is 10.7. The van der Waals surface area contributed by atoms with E-state index in [1.165, 1.54) is 16.7 Å². The number of halogens is 1. The van der Waals surface area contributed by atoms with E-state index in [4.69, 9.17) is 5.73 Å². The van der Waals surface area contributed by atoms with Gasteiger partial charge in [-0.2, -0.15) is 0 Å². The molecular weight excluding hydrogens is 255 g/mol. The molecule has 0 fully saturated rings. The van der Waals surface area contributed by atoms with Gasteiger partial charge in [0.15, 0.2) is 0 Å². The van der Waals surface area contributed by atoms with E-state index in [-0.39, 0.29) is 12.1 Å². The summed E-state index contributed by atoms with van der Waals surface area (Å²) in [7, 11) is 0. The third-order valence-electron chi connectivity index (χ3n) is 3.30. The Kier molecular flexibility index (Phi) is 3.08. The number of hydrogen-bond acceptors (Lipinski definition) is 2. The maximum Gasteiger partial charge on any atom is 0.263 e. The van der Waals surface area contributed by atoms with Crippen molar-refractivity contribution < 1.29 is 4.39 Å². The number of pyridine rings is 2. The van der Waals surface area contributed by atoms with Crippen molar-refractivity contribution in [3.05, 3.63) is 76.5 Å². The maximum atomic E-state index is 13.3. The Morgan fingerprint density at radius 1 is 1.10 bits per heavy atom. The summed E-state index contributed by atoms with van der Waals surface area (Å²) in [4.78, 5) is 12.6. The van der Waals surface area contributed by atoms with Gasteiger partial charge in [-0.25, -0.2) is 4.39 Å². The Bertz CT molecular complexity index is 825. The second-order valence-electron chi connectivity index (χ2n) is 4.56. The Labute approximate surface area is 115 Å². The first kappa shape index (κ1) is 12.6. The van der Waals surface area contributed by atoms with Gasteiger partial charge in [0.05, 0.1) is 5.56 Å². The molecule has 0 amide bonds. The van der Waals surface area contributed by atoms with Crippen molar-refractivity contribution in [2.24, 2.45) is 5.73 Å². The van der Waals surface area contributed by atoms with Gasteiger partial charge in [-0.3, -0.25) is 9.20 Å². The summed E-state index contributed by atoms with van der Waals surface area (Å²) >= 11 is 0. The van der Waals surface area contributed by atoms with Gasteiger partial charge in [0, 0.05) is 18.3 Å². The van der Waals surface area contributed by atoms with E-state index in [0.29, 0.717) is 11.1 Å². The van der Waals surface area contributed by atoms with Gasteiger partial charge in [-0.1, -0.05) is 30.3 Å². The normalized spacial score (nSPS) is 10.9. The topological polar surface area (TPSA) is 47.5 Å². The van der Waals surface area contributed by atoms with Crippen LogP contribution in [-0.4, -0.2) is 4.40 Å². The molecule has 20 heavy (non-hydrogen) atoms. The minimum absolute atomic E-state index is 0.256. The summed E-state index contributed by atoms with van der Waals surface area (Å²) in [6.45, 7) is 0.257. The van der Waals surface area contributed by atoms with E-state index >= 15 is 0 Å². The van der Waals surface area contributed by atoms with E-state index in [9.17, 15) is 9.18 Å². The number of fused-ring (bicyclic) bond motifs is 1. The molecule has 2 N–H and O–H groups in total. The van der Waals surface area contributed by atoms with Gasteiger partial charge in [0.1, 0.15) is 5.82 Å². The fourth-order valence-electron chi connectivity index (χ4n) is 2.36. The molecule has 0 unspecified atom stereocenters. The molecule has 0 aliphatic heterocycles. The van der Waals surface area contributed by atoms with Crippen LogP contribution in [0.3, 0.4) is 0 Å². The Hall–Kier alpha value is -2.46. The average molecular weight is 268 g/mol. The predicted molar refractivity (Wildman–Crippen MR) is 77.0 cm³/mol. The van der Waals surface area contributed by atoms with Crippen LogP contribution < -0.4 is 11.3 Å². The number of aromatic nitrogens is 1. The summed E-state index contributed by atoms with van der Waals surface area (Å²) in [6.07, 6.45) is 1.20. The lowest BCUT2D eigenvalue weighted by molar-refractivity contribution is 0.618. The summed E-state index contributed by atoms with van der Waals surface area (Å²) in [5, 5.41) is 0. The predicted octanol–water partition coefficient (Wildman–Crippen LogP) is 2.56. The SMILES string of the molecule is NCc1cc2ccc(F)cn2c(=O)c1-c1ccccc1. The molecule has 0 atom stereocenters. The number of nitrogens with zero attached hydrogens (tertiary/aromatic N) is 1. The van der Waals surface area contributed by atoms with Crippen molar-refractivity contribution in [1.29, 1.82) is 0 Å². The molecule has 2 heterocycles. The molecule has 0 saturated carbocycles. The van der Waals surface area contributed by atoms with Crippen molar-refractivity contribution in [3.8, 4) is 11.1 Å². The molecule has 0 saturated heterocycles. The number of nitrogens with two attached hydrogens (primary N) is 1. The van der Waals surface area contributed by atoms with Crippen LogP contribution in [0.1, 0.15) is 5.56 Å². The number of benzene rings is 1. The van der Waals surface area contributed by atoms with Crippen molar-refractivity contribution in [2.75, 3.05) is 0 Å². The first-order valence-corrected chi connectivity index (χ1v) is 6.30. The van der Waals surface area contributed by atoms with Gasteiger partial charge in [0.25, 0.3) is 5.56 Å². The molecule has 0 aliphatic carbocycles. The largest absolute Gasteiger partial charge is 0.326 e. The highest BCUT2D eigenvalue weighted by molar-refractivity contribution is 5.69. The van der Waals surface area contributed by atoms with Crippen molar-refractivity contribution in [1.82, 2.24) is 4.40 Å². The quantitative estimate of drug-likeness (QED) is 0.776. The molecule has 0 bridgehead atoms. The highest BCUT2D eigenvalue weighted by Gasteiger charge is 2.12. The van der Waals surface area contributed by atoms with Gasteiger partial charge >= 0.3 is 0 Å². The Morgan fingerprint density at radius 2 is 1.85 bits per heavy atom. The molecule has 4 heteroatoms. The van der Waals surface area contributed by atoms with Crippen molar-refractivity contribution in [2.45, 2.75) is 6.54 Å². The molecule has 3 rings (SSSR count). The Morgan fingerprint density at radius 3 is 2.55 bits per heavy atom. The fraction of sp³-hybridized carbons (Fsp3) is 0.0625. The minimum Gasteiger partial charge on any atom is -0.326 e. The zero-order valence-corrected chi connectivity index (χ0v) is 10.7.